The minimum atomic E-state index is -1.08. The molecule has 7 heteroatoms. The van der Waals surface area contributed by atoms with E-state index in [1.807, 2.05) is 0 Å². The van der Waals surface area contributed by atoms with Crippen LogP contribution in [0.4, 0.5) is 8.78 Å². The van der Waals surface area contributed by atoms with Crippen molar-refractivity contribution >= 4 is 11.9 Å². The number of hydrogen-bond acceptors (Lipinski definition) is 3. The maximum absolute atomic E-state index is 13.8. The van der Waals surface area contributed by atoms with Gasteiger partial charge in [0.25, 0.3) is 0 Å². The molecular formula is C19H19F2NO4. The number of carboxylic acids is 1. The lowest BCUT2D eigenvalue weighted by Crippen LogP contribution is -2.31. The van der Waals surface area contributed by atoms with Crippen LogP contribution in [0, 0.1) is 11.6 Å². The van der Waals surface area contributed by atoms with Crippen molar-refractivity contribution in [3.8, 4) is 5.75 Å². The monoisotopic (exact) mass is 363 g/mol. The summed E-state index contributed by atoms with van der Waals surface area (Å²) in [6.07, 6.45) is 0. The molecule has 5 nitrogen and oxygen atoms in total. The minimum absolute atomic E-state index is 0.269. The van der Waals surface area contributed by atoms with Gasteiger partial charge in [0.1, 0.15) is 17.4 Å². The quantitative estimate of drug-likeness (QED) is 0.790. The van der Waals surface area contributed by atoms with Crippen molar-refractivity contribution in [3.05, 3.63) is 65.2 Å². The van der Waals surface area contributed by atoms with E-state index in [-0.39, 0.29) is 5.56 Å². The molecule has 0 radical (unpaired) electrons. The molecule has 0 heterocycles. The first kappa shape index (κ1) is 19.4. The molecule has 2 aromatic rings. The number of carboxylic acid groups (broad SMARTS) is 1. The summed E-state index contributed by atoms with van der Waals surface area (Å²) >= 11 is 0. The van der Waals surface area contributed by atoms with Gasteiger partial charge in [0, 0.05) is 5.56 Å². The van der Waals surface area contributed by atoms with Crippen molar-refractivity contribution in [2.75, 3.05) is 6.61 Å². The van der Waals surface area contributed by atoms with Crippen molar-refractivity contribution in [1.82, 2.24) is 5.32 Å². The van der Waals surface area contributed by atoms with E-state index in [2.05, 4.69) is 5.32 Å². The van der Waals surface area contributed by atoms with Crippen LogP contribution in [0.25, 0.3) is 0 Å². The van der Waals surface area contributed by atoms with Crippen LogP contribution in [0.1, 0.15) is 36.9 Å². The molecule has 1 amide bonds. The van der Waals surface area contributed by atoms with Crippen LogP contribution in [0.2, 0.25) is 0 Å². The molecule has 0 aliphatic heterocycles. The zero-order valence-electron chi connectivity index (χ0n) is 14.3. The Bertz CT molecular complexity index is 772. The van der Waals surface area contributed by atoms with Gasteiger partial charge in [0.15, 0.2) is 6.61 Å². The lowest BCUT2D eigenvalue weighted by atomic mass is 9.98. The molecule has 2 rings (SSSR count). The highest BCUT2D eigenvalue weighted by molar-refractivity contribution is 5.83. The number of benzene rings is 2. The predicted octanol–water partition coefficient (Wildman–Crippen LogP) is 3.41. The summed E-state index contributed by atoms with van der Waals surface area (Å²) in [4.78, 5) is 22.8. The number of nitrogens with one attached hydrogen (secondary N) is 1. The Balaban J connectivity index is 2.03. The molecule has 26 heavy (non-hydrogen) atoms. The van der Waals surface area contributed by atoms with Crippen molar-refractivity contribution in [2.24, 2.45) is 0 Å². The van der Waals surface area contributed by atoms with Crippen molar-refractivity contribution in [3.63, 3.8) is 0 Å². The van der Waals surface area contributed by atoms with Crippen LogP contribution in [-0.2, 0) is 9.59 Å². The van der Waals surface area contributed by atoms with E-state index < -0.39 is 42.1 Å². The van der Waals surface area contributed by atoms with Gasteiger partial charge in [0.05, 0.1) is 12.0 Å². The molecule has 0 spiro atoms. The topological polar surface area (TPSA) is 75.6 Å². The standard InChI is InChI=1S/C19H19F2NO4/c1-11(18-15(20)4-3-5-16(18)21)19(25)22-12(2)13-6-8-14(9-7-13)26-10-17(23)24/h3-9,11-12H,10H2,1-2H3,(H,22,25)(H,23,24)/t11-,12+/m0/s1. The van der Waals surface area contributed by atoms with E-state index in [9.17, 15) is 18.4 Å². The smallest absolute Gasteiger partial charge is 0.341 e. The van der Waals surface area contributed by atoms with Crippen LogP contribution in [-0.4, -0.2) is 23.6 Å². The zero-order valence-corrected chi connectivity index (χ0v) is 14.3. The second kappa shape index (κ2) is 8.42. The van der Waals surface area contributed by atoms with Crippen molar-refractivity contribution in [2.45, 2.75) is 25.8 Å². The SMILES string of the molecule is C[C@H](C(=O)N[C@H](C)c1ccc(OCC(=O)O)cc1)c1c(F)cccc1F. The van der Waals surface area contributed by atoms with Gasteiger partial charge in [-0.3, -0.25) is 4.79 Å². The summed E-state index contributed by atoms with van der Waals surface area (Å²) in [7, 11) is 0. The molecule has 0 saturated heterocycles. The maximum Gasteiger partial charge on any atom is 0.341 e. The second-order valence-corrected chi connectivity index (χ2v) is 5.84. The summed E-state index contributed by atoms with van der Waals surface area (Å²) < 4.78 is 32.7. The number of halogens is 2. The second-order valence-electron chi connectivity index (χ2n) is 5.84. The molecule has 0 saturated carbocycles. The molecular weight excluding hydrogens is 344 g/mol. The van der Waals surface area contributed by atoms with E-state index in [0.717, 1.165) is 17.7 Å². The average molecular weight is 363 g/mol. The Hall–Kier alpha value is -2.96. The summed E-state index contributed by atoms with van der Waals surface area (Å²) in [5.41, 5.74) is 0.469. The third-order valence-electron chi connectivity index (χ3n) is 3.93. The van der Waals surface area contributed by atoms with Crippen molar-refractivity contribution < 1.29 is 28.2 Å². The Labute approximate surface area is 149 Å². The third-order valence-corrected chi connectivity index (χ3v) is 3.93. The number of aliphatic carboxylic acids is 1. The summed E-state index contributed by atoms with van der Waals surface area (Å²) in [6, 6.07) is 9.58. The molecule has 0 aromatic heterocycles. The van der Waals surface area contributed by atoms with Crippen LogP contribution in [0.3, 0.4) is 0 Å². The van der Waals surface area contributed by atoms with Crippen LogP contribution >= 0.6 is 0 Å². The Morgan fingerprint density at radius 3 is 2.19 bits per heavy atom. The fraction of sp³-hybridized carbons (Fsp3) is 0.263. The summed E-state index contributed by atoms with van der Waals surface area (Å²) in [6.45, 7) is 2.72. The van der Waals surface area contributed by atoms with Gasteiger partial charge in [0.2, 0.25) is 5.91 Å². The average Bonchev–Trinajstić information content (AvgIpc) is 2.60. The first-order valence-corrected chi connectivity index (χ1v) is 7.98. The maximum atomic E-state index is 13.8. The Kier molecular flexibility index (Phi) is 6.27. The molecule has 0 bridgehead atoms. The molecule has 0 fully saturated rings. The van der Waals surface area contributed by atoms with Crippen LogP contribution < -0.4 is 10.1 Å². The van der Waals surface area contributed by atoms with Gasteiger partial charge in [-0.25, -0.2) is 13.6 Å². The number of carbonyl (C=O) groups is 2. The Morgan fingerprint density at radius 2 is 1.65 bits per heavy atom. The lowest BCUT2D eigenvalue weighted by molar-refractivity contribution is -0.139. The van der Waals surface area contributed by atoms with Crippen LogP contribution in [0.15, 0.2) is 42.5 Å². The minimum Gasteiger partial charge on any atom is -0.482 e. The highest BCUT2D eigenvalue weighted by atomic mass is 19.1. The predicted molar refractivity (Wildman–Crippen MR) is 90.9 cm³/mol. The van der Waals surface area contributed by atoms with Gasteiger partial charge in [-0.1, -0.05) is 18.2 Å². The fourth-order valence-electron chi connectivity index (χ4n) is 2.47. The van der Waals surface area contributed by atoms with Gasteiger partial charge >= 0.3 is 5.97 Å². The number of rotatable bonds is 7. The highest BCUT2D eigenvalue weighted by Crippen LogP contribution is 2.24. The van der Waals surface area contributed by atoms with Gasteiger partial charge in [-0.2, -0.15) is 0 Å². The van der Waals surface area contributed by atoms with E-state index >= 15 is 0 Å². The number of ether oxygens (including phenoxy) is 1. The normalized spacial score (nSPS) is 12.9. The first-order valence-electron chi connectivity index (χ1n) is 7.98. The van der Waals surface area contributed by atoms with E-state index in [0.29, 0.717) is 5.75 Å². The molecule has 2 aromatic carbocycles. The van der Waals surface area contributed by atoms with Crippen molar-refractivity contribution in [1.29, 1.82) is 0 Å². The lowest BCUT2D eigenvalue weighted by Gasteiger charge is -2.19. The van der Waals surface area contributed by atoms with Crippen LogP contribution in [0.5, 0.6) is 5.75 Å². The molecule has 2 atom stereocenters. The van der Waals surface area contributed by atoms with Gasteiger partial charge < -0.3 is 15.2 Å². The first-order chi connectivity index (χ1) is 12.3. The molecule has 2 N–H and O–H groups in total. The van der Waals surface area contributed by atoms with E-state index in [1.165, 1.54) is 13.0 Å². The molecule has 0 aliphatic carbocycles. The molecule has 0 unspecified atom stereocenters. The Morgan fingerprint density at radius 1 is 1.08 bits per heavy atom. The zero-order chi connectivity index (χ0) is 19.3. The molecule has 0 aliphatic rings. The fourth-order valence-corrected chi connectivity index (χ4v) is 2.47. The third kappa shape index (κ3) is 4.78. The summed E-state index contributed by atoms with van der Waals surface area (Å²) in [5, 5.41) is 11.3. The summed E-state index contributed by atoms with van der Waals surface area (Å²) in [5.74, 6) is -3.72. The van der Waals surface area contributed by atoms with Gasteiger partial charge in [-0.15, -0.1) is 0 Å². The number of carbonyl (C=O) groups excluding carboxylic acids is 1. The van der Waals surface area contributed by atoms with E-state index in [1.54, 1.807) is 31.2 Å². The molecule has 138 valence electrons. The largest absolute Gasteiger partial charge is 0.482 e. The number of amides is 1. The van der Waals surface area contributed by atoms with E-state index in [4.69, 9.17) is 9.84 Å². The van der Waals surface area contributed by atoms with Gasteiger partial charge in [-0.05, 0) is 43.7 Å². The number of hydrogen-bond donors (Lipinski definition) is 2. The highest BCUT2D eigenvalue weighted by Gasteiger charge is 2.23.